The van der Waals surface area contributed by atoms with E-state index in [2.05, 4.69) is 26.0 Å². The van der Waals surface area contributed by atoms with E-state index in [9.17, 15) is 27.9 Å². The lowest BCUT2D eigenvalue weighted by Crippen LogP contribution is -2.19. The Morgan fingerprint density at radius 2 is 1.86 bits per heavy atom. The summed E-state index contributed by atoms with van der Waals surface area (Å²) < 4.78 is 46.8. The highest BCUT2D eigenvalue weighted by atomic mass is 79.9. The van der Waals surface area contributed by atoms with Gasteiger partial charge in [-0.2, -0.15) is 13.2 Å². The molecule has 0 saturated heterocycles. The number of anilines is 1. The van der Waals surface area contributed by atoms with E-state index in [1.54, 1.807) is 0 Å². The SMILES string of the molecule is O=C(Nc1cc(-c2ccc(OCC(F)(F)F)cc2)sc1C(=O)O)c1ccc(Br)o1. The Bertz CT molecular complexity index is 1040. The van der Waals surface area contributed by atoms with Crippen LogP contribution in [0.2, 0.25) is 0 Å². The summed E-state index contributed by atoms with van der Waals surface area (Å²) in [5.74, 6) is -1.84. The Hall–Kier alpha value is -2.79. The lowest BCUT2D eigenvalue weighted by atomic mass is 10.2. The molecular formula is C18H11BrF3NO5S. The van der Waals surface area contributed by atoms with Crippen LogP contribution in [0.1, 0.15) is 20.2 Å². The zero-order valence-corrected chi connectivity index (χ0v) is 16.7. The molecule has 0 aliphatic carbocycles. The first kappa shape index (κ1) is 20.9. The molecule has 0 bridgehead atoms. The highest BCUT2D eigenvalue weighted by Gasteiger charge is 2.28. The average molecular weight is 490 g/mol. The lowest BCUT2D eigenvalue weighted by molar-refractivity contribution is -0.153. The Kier molecular flexibility index (Phi) is 5.99. The van der Waals surface area contributed by atoms with Crippen molar-refractivity contribution in [3.63, 3.8) is 0 Å². The van der Waals surface area contributed by atoms with Crippen LogP contribution in [-0.4, -0.2) is 29.8 Å². The van der Waals surface area contributed by atoms with Gasteiger partial charge in [0.25, 0.3) is 5.91 Å². The van der Waals surface area contributed by atoms with Crippen molar-refractivity contribution >= 4 is 44.8 Å². The number of carboxylic acid groups (broad SMARTS) is 1. The van der Waals surface area contributed by atoms with Gasteiger partial charge in [-0.1, -0.05) is 0 Å². The number of aromatic carboxylic acids is 1. The fraction of sp³-hybridized carbons (Fsp3) is 0.111. The van der Waals surface area contributed by atoms with E-state index in [1.165, 1.54) is 42.5 Å². The predicted octanol–water partition coefficient (Wildman–Crippen LogP) is 5.66. The van der Waals surface area contributed by atoms with Gasteiger partial charge in [-0.25, -0.2) is 4.79 Å². The molecule has 2 heterocycles. The summed E-state index contributed by atoms with van der Waals surface area (Å²) in [4.78, 5) is 24.1. The second-order valence-electron chi connectivity index (χ2n) is 5.64. The van der Waals surface area contributed by atoms with Crippen LogP contribution in [0.5, 0.6) is 5.75 Å². The molecule has 2 N–H and O–H groups in total. The minimum atomic E-state index is -4.44. The Morgan fingerprint density at radius 3 is 2.41 bits per heavy atom. The van der Waals surface area contributed by atoms with E-state index in [4.69, 9.17) is 4.42 Å². The molecule has 0 radical (unpaired) electrons. The topological polar surface area (TPSA) is 88.8 Å². The number of rotatable bonds is 6. The van der Waals surface area contributed by atoms with Crippen molar-refractivity contribution in [3.05, 3.63) is 57.8 Å². The van der Waals surface area contributed by atoms with Crippen molar-refractivity contribution < 1.29 is 37.0 Å². The van der Waals surface area contributed by atoms with Gasteiger partial charge < -0.3 is 19.6 Å². The van der Waals surface area contributed by atoms with Gasteiger partial charge in [0.15, 0.2) is 17.0 Å². The molecule has 29 heavy (non-hydrogen) atoms. The molecular weight excluding hydrogens is 479 g/mol. The van der Waals surface area contributed by atoms with Crippen LogP contribution < -0.4 is 10.1 Å². The zero-order chi connectivity index (χ0) is 21.2. The number of carbonyl (C=O) groups is 2. The molecule has 1 aromatic carbocycles. The van der Waals surface area contributed by atoms with Crippen molar-refractivity contribution in [3.8, 4) is 16.2 Å². The molecule has 11 heteroatoms. The standard InChI is InChI=1S/C18H11BrF3NO5S/c19-14-6-5-12(28-14)16(24)23-11-7-13(29-15(11)17(25)26)9-1-3-10(4-2-9)27-8-18(20,21)22/h1-7H,8H2,(H,23,24)(H,25,26). The van der Waals surface area contributed by atoms with E-state index in [-0.39, 0.29) is 22.1 Å². The van der Waals surface area contributed by atoms with Crippen LogP contribution in [0.4, 0.5) is 18.9 Å². The molecule has 0 aliphatic heterocycles. The summed E-state index contributed by atoms with van der Waals surface area (Å²) in [7, 11) is 0. The Morgan fingerprint density at radius 1 is 1.17 bits per heavy atom. The molecule has 0 saturated carbocycles. The first-order valence-electron chi connectivity index (χ1n) is 7.86. The van der Waals surface area contributed by atoms with Crippen LogP contribution >= 0.6 is 27.3 Å². The van der Waals surface area contributed by atoms with Gasteiger partial charge in [0.05, 0.1) is 5.69 Å². The second kappa shape index (κ2) is 8.29. The number of nitrogens with one attached hydrogen (secondary N) is 1. The van der Waals surface area contributed by atoms with Gasteiger partial charge in [-0.05, 0) is 64.0 Å². The van der Waals surface area contributed by atoms with E-state index in [1.807, 2.05) is 0 Å². The predicted molar refractivity (Wildman–Crippen MR) is 103 cm³/mol. The van der Waals surface area contributed by atoms with Crippen molar-refractivity contribution in [1.82, 2.24) is 0 Å². The minimum Gasteiger partial charge on any atom is -0.484 e. The molecule has 0 spiro atoms. The fourth-order valence-corrected chi connectivity index (χ4v) is 3.55. The van der Waals surface area contributed by atoms with Crippen molar-refractivity contribution in [1.29, 1.82) is 0 Å². The Labute approximate surface area is 174 Å². The molecule has 0 atom stereocenters. The van der Waals surface area contributed by atoms with Crippen LogP contribution in [0.15, 0.2) is 51.6 Å². The van der Waals surface area contributed by atoms with Crippen molar-refractivity contribution in [2.45, 2.75) is 6.18 Å². The summed E-state index contributed by atoms with van der Waals surface area (Å²) in [5.41, 5.74) is 0.630. The van der Waals surface area contributed by atoms with Gasteiger partial charge in [-0.15, -0.1) is 11.3 Å². The molecule has 1 amide bonds. The highest BCUT2D eigenvalue weighted by Crippen LogP contribution is 2.36. The summed E-state index contributed by atoms with van der Waals surface area (Å²) in [6.45, 7) is -1.41. The maximum atomic E-state index is 12.2. The molecule has 152 valence electrons. The summed E-state index contributed by atoms with van der Waals surface area (Å²) in [5, 5.41) is 11.9. The molecule has 6 nitrogen and oxygen atoms in total. The third-order valence-electron chi connectivity index (χ3n) is 3.51. The zero-order valence-electron chi connectivity index (χ0n) is 14.2. The van der Waals surface area contributed by atoms with Gasteiger partial charge in [0.1, 0.15) is 10.6 Å². The number of hydrogen-bond donors (Lipinski definition) is 2. The summed E-state index contributed by atoms with van der Waals surface area (Å²) >= 11 is 3.99. The van der Waals surface area contributed by atoms with Crippen LogP contribution in [0.3, 0.4) is 0 Å². The first-order chi connectivity index (χ1) is 13.6. The summed E-state index contributed by atoms with van der Waals surface area (Å²) in [6.07, 6.45) is -4.44. The minimum absolute atomic E-state index is 0.00729. The monoisotopic (exact) mass is 489 g/mol. The van der Waals surface area contributed by atoms with Crippen molar-refractivity contribution in [2.75, 3.05) is 11.9 Å². The smallest absolute Gasteiger partial charge is 0.422 e. The molecule has 0 unspecified atom stereocenters. The lowest BCUT2D eigenvalue weighted by Gasteiger charge is -2.09. The van der Waals surface area contributed by atoms with Crippen LogP contribution in [0.25, 0.3) is 10.4 Å². The highest BCUT2D eigenvalue weighted by molar-refractivity contribution is 9.10. The quantitative estimate of drug-likeness (QED) is 0.466. The number of amides is 1. The number of alkyl halides is 3. The van der Waals surface area contributed by atoms with E-state index in [0.29, 0.717) is 15.1 Å². The van der Waals surface area contributed by atoms with Crippen molar-refractivity contribution in [2.24, 2.45) is 0 Å². The number of thiophene rings is 1. The number of ether oxygens (including phenoxy) is 1. The van der Waals surface area contributed by atoms with E-state index >= 15 is 0 Å². The van der Waals surface area contributed by atoms with Crippen LogP contribution in [-0.2, 0) is 0 Å². The number of furan rings is 1. The first-order valence-corrected chi connectivity index (χ1v) is 9.47. The number of halogens is 4. The van der Waals surface area contributed by atoms with E-state index in [0.717, 1.165) is 11.3 Å². The maximum absolute atomic E-state index is 12.2. The molecule has 3 rings (SSSR count). The number of carbonyl (C=O) groups excluding carboxylic acids is 1. The van der Waals surface area contributed by atoms with E-state index < -0.39 is 24.7 Å². The Balaban J connectivity index is 1.81. The largest absolute Gasteiger partial charge is 0.484 e. The third kappa shape index (κ3) is 5.39. The average Bonchev–Trinajstić information content (AvgIpc) is 3.26. The fourth-order valence-electron chi connectivity index (χ4n) is 2.29. The molecule has 0 aliphatic rings. The number of hydrogen-bond acceptors (Lipinski definition) is 5. The second-order valence-corrected chi connectivity index (χ2v) is 7.48. The van der Waals surface area contributed by atoms with Gasteiger partial charge in [0.2, 0.25) is 0 Å². The van der Waals surface area contributed by atoms with Crippen LogP contribution in [0, 0.1) is 0 Å². The molecule has 2 aromatic heterocycles. The number of benzene rings is 1. The summed E-state index contributed by atoms with van der Waals surface area (Å²) in [6, 6.07) is 10.1. The number of carboxylic acids is 1. The van der Waals surface area contributed by atoms with Gasteiger partial charge >= 0.3 is 12.1 Å². The van der Waals surface area contributed by atoms with Gasteiger partial charge in [-0.3, -0.25) is 4.79 Å². The molecule has 0 fully saturated rings. The maximum Gasteiger partial charge on any atom is 0.422 e. The third-order valence-corrected chi connectivity index (χ3v) is 5.11. The van der Waals surface area contributed by atoms with Gasteiger partial charge in [0, 0.05) is 4.88 Å². The molecule has 3 aromatic rings. The normalized spacial score (nSPS) is 11.3.